The summed E-state index contributed by atoms with van der Waals surface area (Å²) in [7, 11) is 2.16. The fourth-order valence-corrected chi connectivity index (χ4v) is 2.80. The minimum absolute atomic E-state index is 0.451. The van der Waals surface area contributed by atoms with Gasteiger partial charge < -0.3 is 4.90 Å². The number of aromatic nitrogens is 1. The standard InChI is InChI=1S/C14H16N2/c1-10-11-6-3-4-7-12(11)14-13(16(10)2)8-5-9-15-14/h3-12H,1-2H3. The molecule has 1 aliphatic heterocycles. The van der Waals surface area contributed by atoms with Gasteiger partial charge in [-0.05, 0) is 19.1 Å². The van der Waals surface area contributed by atoms with E-state index in [9.17, 15) is 0 Å². The highest BCUT2D eigenvalue weighted by Gasteiger charge is 2.35. The Balaban J connectivity index is 2.16. The predicted octanol–water partition coefficient (Wildman–Crippen LogP) is 2.75. The van der Waals surface area contributed by atoms with E-state index in [1.165, 1.54) is 11.4 Å². The van der Waals surface area contributed by atoms with Gasteiger partial charge in [-0.3, -0.25) is 4.98 Å². The molecule has 0 bridgehead atoms. The van der Waals surface area contributed by atoms with Gasteiger partial charge in [0.2, 0.25) is 0 Å². The minimum atomic E-state index is 0.451. The van der Waals surface area contributed by atoms with Gasteiger partial charge in [-0.15, -0.1) is 0 Å². The second-order valence-electron chi connectivity index (χ2n) is 4.63. The van der Waals surface area contributed by atoms with Gasteiger partial charge in [0.1, 0.15) is 0 Å². The van der Waals surface area contributed by atoms with Crippen molar-refractivity contribution in [2.75, 3.05) is 11.9 Å². The van der Waals surface area contributed by atoms with Crippen LogP contribution in [0.5, 0.6) is 0 Å². The van der Waals surface area contributed by atoms with Crippen LogP contribution in [0.15, 0.2) is 42.6 Å². The molecular weight excluding hydrogens is 196 g/mol. The fraction of sp³-hybridized carbons (Fsp3) is 0.357. The zero-order chi connectivity index (χ0) is 11.1. The van der Waals surface area contributed by atoms with Gasteiger partial charge in [-0.25, -0.2) is 0 Å². The van der Waals surface area contributed by atoms with Crippen LogP contribution in [0.4, 0.5) is 5.69 Å². The Hall–Kier alpha value is -1.57. The molecule has 2 aliphatic rings. The summed E-state index contributed by atoms with van der Waals surface area (Å²) in [5.41, 5.74) is 2.49. The number of hydrogen-bond acceptors (Lipinski definition) is 2. The third kappa shape index (κ3) is 1.22. The molecule has 82 valence electrons. The van der Waals surface area contributed by atoms with Crippen molar-refractivity contribution in [1.29, 1.82) is 0 Å². The van der Waals surface area contributed by atoms with Crippen molar-refractivity contribution in [1.82, 2.24) is 4.98 Å². The molecule has 0 spiro atoms. The summed E-state index contributed by atoms with van der Waals surface area (Å²) in [6, 6.07) is 4.72. The van der Waals surface area contributed by atoms with E-state index in [0.717, 1.165) is 0 Å². The molecule has 0 radical (unpaired) electrons. The molecule has 0 saturated heterocycles. The average molecular weight is 212 g/mol. The molecular formula is C14H16N2. The topological polar surface area (TPSA) is 16.1 Å². The monoisotopic (exact) mass is 212 g/mol. The van der Waals surface area contributed by atoms with E-state index in [0.29, 0.717) is 17.9 Å². The highest BCUT2D eigenvalue weighted by Crippen LogP contribution is 2.42. The molecule has 0 fully saturated rings. The number of nitrogens with zero attached hydrogens (tertiary/aromatic N) is 2. The summed E-state index contributed by atoms with van der Waals surface area (Å²) < 4.78 is 0. The molecule has 0 saturated carbocycles. The third-order valence-electron chi connectivity index (χ3n) is 3.86. The number of anilines is 1. The van der Waals surface area contributed by atoms with Gasteiger partial charge in [0.25, 0.3) is 0 Å². The largest absolute Gasteiger partial charge is 0.370 e. The van der Waals surface area contributed by atoms with E-state index in [4.69, 9.17) is 0 Å². The smallest absolute Gasteiger partial charge is 0.0711 e. The average Bonchev–Trinajstić information content (AvgIpc) is 2.36. The Kier molecular flexibility index (Phi) is 2.10. The Morgan fingerprint density at radius 2 is 2.06 bits per heavy atom. The van der Waals surface area contributed by atoms with Crippen LogP contribution >= 0.6 is 0 Å². The number of hydrogen-bond donors (Lipinski definition) is 0. The van der Waals surface area contributed by atoms with Crippen molar-refractivity contribution in [2.24, 2.45) is 5.92 Å². The van der Waals surface area contributed by atoms with Crippen molar-refractivity contribution in [3.05, 3.63) is 48.3 Å². The summed E-state index contributed by atoms with van der Waals surface area (Å²) >= 11 is 0. The second-order valence-corrected chi connectivity index (χ2v) is 4.63. The quantitative estimate of drug-likeness (QED) is 0.657. The van der Waals surface area contributed by atoms with Crippen LogP contribution in [0.25, 0.3) is 0 Å². The maximum Gasteiger partial charge on any atom is 0.0711 e. The molecule has 3 atom stereocenters. The molecule has 2 heteroatoms. The summed E-state index contributed by atoms with van der Waals surface area (Å²) in [5.74, 6) is 1.00. The molecule has 1 aromatic rings. The van der Waals surface area contributed by atoms with Gasteiger partial charge in [0.15, 0.2) is 0 Å². The molecule has 2 nitrogen and oxygen atoms in total. The van der Waals surface area contributed by atoms with Crippen molar-refractivity contribution in [3.8, 4) is 0 Å². The van der Waals surface area contributed by atoms with Gasteiger partial charge in [0, 0.05) is 31.1 Å². The lowest BCUT2D eigenvalue weighted by Gasteiger charge is -2.42. The number of rotatable bonds is 0. The zero-order valence-electron chi connectivity index (χ0n) is 9.67. The molecule has 2 heterocycles. The Morgan fingerprint density at radius 3 is 2.94 bits per heavy atom. The van der Waals surface area contributed by atoms with E-state index in [2.05, 4.69) is 54.2 Å². The van der Waals surface area contributed by atoms with E-state index in [1.807, 2.05) is 12.3 Å². The van der Waals surface area contributed by atoms with E-state index in [-0.39, 0.29) is 0 Å². The Morgan fingerprint density at radius 1 is 1.25 bits per heavy atom. The van der Waals surface area contributed by atoms with E-state index in [1.54, 1.807) is 0 Å². The summed E-state index contributed by atoms with van der Waals surface area (Å²) in [6.07, 6.45) is 10.8. The first-order valence-electron chi connectivity index (χ1n) is 5.82. The SMILES string of the molecule is CC1C2C=CC=CC2c2ncccc2N1C. The van der Waals surface area contributed by atoms with Crippen LogP contribution in [0.2, 0.25) is 0 Å². The van der Waals surface area contributed by atoms with Crippen LogP contribution < -0.4 is 4.90 Å². The van der Waals surface area contributed by atoms with E-state index >= 15 is 0 Å². The first-order valence-corrected chi connectivity index (χ1v) is 5.82. The van der Waals surface area contributed by atoms with Crippen molar-refractivity contribution >= 4 is 5.69 Å². The van der Waals surface area contributed by atoms with E-state index < -0.39 is 0 Å². The summed E-state index contributed by atoms with van der Waals surface area (Å²) in [5, 5.41) is 0. The van der Waals surface area contributed by atoms with Gasteiger partial charge in [-0.2, -0.15) is 0 Å². The molecule has 16 heavy (non-hydrogen) atoms. The molecule has 0 aromatic carbocycles. The van der Waals surface area contributed by atoms with Crippen LogP contribution in [0.3, 0.4) is 0 Å². The maximum absolute atomic E-state index is 4.56. The third-order valence-corrected chi connectivity index (χ3v) is 3.86. The lowest BCUT2D eigenvalue weighted by atomic mass is 9.77. The van der Waals surface area contributed by atoms with Crippen molar-refractivity contribution < 1.29 is 0 Å². The minimum Gasteiger partial charge on any atom is -0.370 e. The molecule has 1 aliphatic carbocycles. The van der Waals surface area contributed by atoms with Gasteiger partial charge in [0.05, 0.1) is 11.4 Å². The maximum atomic E-state index is 4.56. The van der Waals surface area contributed by atoms with Crippen LogP contribution in [0.1, 0.15) is 18.5 Å². The summed E-state index contributed by atoms with van der Waals surface area (Å²) in [6.45, 7) is 2.29. The molecule has 0 amide bonds. The predicted molar refractivity (Wildman–Crippen MR) is 66.6 cm³/mol. The highest BCUT2D eigenvalue weighted by molar-refractivity contribution is 5.57. The van der Waals surface area contributed by atoms with Gasteiger partial charge in [-0.1, -0.05) is 24.3 Å². The zero-order valence-corrected chi connectivity index (χ0v) is 9.67. The normalized spacial score (nSPS) is 31.1. The van der Waals surface area contributed by atoms with Crippen molar-refractivity contribution in [3.63, 3.8) is 0 Å². The lowest BCUT2D eigenvalue weighted by molar-refractivity contribution is 0.439. The van der Waals surface area contributed by atoms with Crippen LogP contribution in [-0.2, 0) is 0 Å². The highest BCUT2D eigenvalue weighted by atomic mass is 15.2. The fourth-order valence-electron chi connectivity index (χ4n) is 2.80. The Labute approximate surface area is 96.3 Å². The number of pyridine rings is 1. The number of fused-ring (bicyclic) bond motifs is 3. The number of allylic oxidation sites excluding steroid dienone is 3. The summed E-state index contributed by atoms with van der Waals surface area (Å²) in [4.78, 5) is 6.90. The molecule has 1 aromatic heterocycles. The second kappa shape index (κ2) is 3.48. The van der Waals surface area contributed by atoms with Crippen LogP contribution in [-0.4, -0.2) is 18.1 Å². The lowest BCUT2D eigenvalue weighted by Crippen LogP contribution is -2.42. The first kappa shape index (κ1) is 9.64. The first-order chi connectivity index (χ1) is 7.79. The Bertz CT molecular complexity index is 462. The molecule has 3 rings (SSSR count). The van der Waals surface area contributed by atoms with Crippen LogP contribution in [0, 0.1) is 5.92 Å². The molecule has 3 unspecified atom stereocenters. The molecule has 0 N–H and O–H groups in total. The van der Waals surface area contributed by atoms with Crippen molar-refractivity contribution in [2.45, 2.75) is 18.9 Å². The van der Waals surface area contributed by atoms with Gasteiger partial charge >= 0.3 is 0 Å².